The number of pyridine rings is 1. The Bertz CT molecular complexity index is 489. The maximum Gasteiger partial charge on any atom is 0.337 e. The second-order valence-corrected chi connectivity index (χ2v) is 3.49. The van der Waals surface area contributed by atoms with Gasteiger partial charge in [0.1, 0.15) is 6.04 Å². The van der Waals surface area contributed by atoms with Gasteiger partial charge in [-0.2, -0.15) is 0 Å². The van der Waals surface area contributed by atoms with Crippen LogP contribution in [-0.2, 0) is 4.79 Å². The van der Waals surface area contributed by atoms with Crippen LogP contribution in [0, 0.1) is 0 Å². The first kappa shape index (κ1) is 13.4. The fourth-order valence-electron chi connectivity index (χ4n) is 1.15. The summed E-state index contributed by atoms with van der Waals surface area (Å²) in [5.41, 5.74) is 5.04. The maximum absolute atomic E-state index is 11.6. The van der Waals surface area contributed by atoms with E-state index in [1.165, 1.54) is 19.2 Å². The van der Waals surface area contributed by atoms with Crippen molar-refractivity contribution in [3.63, 3.8) is 0 Å². The molecule has 0 radical (unpaired) electrons. The van der Waals surface area contributed by atoms with Crippen molar-refractivity contribution in [1.82, 2.24) is 10.3 Å². The maximum atomic E-state index is 11.6. The van der Waals surface area contributed by atoms with Crippen LogP contribution >= 0.6 is 0 Å². The van der Waals surface area contributed by atoms with Gasteiger partial charge in [-0.1, -0.05) is 0 Å². The summed E-state index contributed by atoms with van der Waals surface area (Å²) >= 11 is 0. The van der Waals surface area contributed by atoms with Crippen LogP contribution in [0.5, 0.6) is 0 Å². The van der Waals surface area contributed by atoms with Gasteiger partial charge in [-0.25, -0.2) is 9.59 Å². The molecule has 3 amide bonds. The number of rotatable bonds is 4. The van der Waals surface area contributed by atoms with Crippen LogP contribution in [0.3, 0.4) is 0 Å². The largest absolute Gasteiger partial charge is 0.478 e. The molecule has 96 valence electrons. The molecule has 0 fully saturated rings. The summed E-state index contributed by atoms with van der Waals surface area (Å²) in [7, 11) is 0. The molecule has 0 aromatic carbocycles. The van der Waals surface area contributed by atoms with Crippen molar-refractivity contribution in [3.05, 3.63) is 24.0 Å². The Morgan fingerprint density at radius 2 is 2.06 bits per heavy atom. The Morgan fingerprint density at radius 3 is 2.61 bits per heavy atom. The minimum atomic E-state index is -1.15. The van der Waals surface area contributed by atoms with Gasteiger partial charge < -0.3 is 21.5 Å². The summed E-state index contributed by atoms with van der Waals surface area (Å²) < 4.78 is 0. The highest BCUT2D eigenvalue weighted by molar-refractivity contribution is 5.97. The Labute approximate surface area is 102 Å². The number of amides is 3. The van der Waals surface area contributed by atoms with Crippen molar-refractivity contribution in [3.8, 4) is 0 Å². The molecule has 0 saturated carbocycles. The number of carbonyl (C=O) groups is 3. The number of carboxylic acid groups (broad SMARTS) is 1. The van der Waals surface area contributed by atoms with E-state index in [0.29, 0.717) is 0 Å². The molecule has 8 heteroatoms. The number of hydrogen-bond acceptors (Lipinski definition) is 4. The third kappa shape index (κ3) is 3.74. The van der Waals surface area contributed by atoms with E-state index in [-0.39, 0.29) is 11.3 Å². The van der Waals surface area contributed by atoms with Gasteiger partial charge in [0, 0.05) is 6.20 Å². The van der Waals surface area contributed by atoms with Crippen molar-refractivity contribution >= 4 is 23.6 Å². The highest BCUT2D eigenvalue weighted by atomic mass is 16.4. The topological polar surface area (TPSA) is 134 Å². The molecule has 0 aliphatic rings. The van der Waals surface area contributed by atoms with E-state index in [1.807, 2.05) is 0 Å². The van der Waals surface area contributed by atoms with Gasteiger partial charge in [-0.05, 0) is 13.0 Å². The Hall–Kier alpha value is -2.64. The number of primary amides is 1. The predicted octanol–water partition coefficient (Wildman–Crippen LogP) is -0.225. The average molecular weight is 252 g/mol. The fourth-order valence-corrected chi connectivity index (χ4v) is 1.15. The lowest BCUT2D eigenvalue weighted by Gasteiger charge is -2.12. The molecule has 1 rings (SSSR count). The summed E-state index contributed by atoms with van der Waals surface area (Å²) in [6.45, 7) is 1.44. The SMILES string of the molecule is CC(NC(N)=O)C(=O)Nc1cncc(C(=O)O)c1. The lowest BCUT2D eigenvalue weighted by atomic mass is 10.2. The Kier molecular flexibility index (Phi) is 4.19. The summed E-state index contributed by atoms with van der Waals surface area (Å²) in [6.07, 6.45) is 2.45. The smallest absolute Gasteiger partial charge is 0.337 e. The predicted molar refractivity (Wildman–Crippen MR) is 62.0 cm³/mol. The number of urea groups is 1. The molecule has 1 aromatic heterocycles. The Morgan fingerprint density at radius 1 is 1.39 bits per heavy atom. The van der Waals surface area contributed by atoms with Gasteiger partial charge in [0.05, 0.1) is 17.4 Å². The monoisotopic (exact) mass is 252 g/mol. The van der Waals surface area contributed by atoms with Crippen LogP contribution in [0.1, 0.15) is 17.3 Å². The van der Waals surface area contributed by atoms with Gasteiger partial charge >= 0.3 is 12.0 Å². The number of nitrogens with two attached hydrogens (primary N) is 1. The average Bonchev–Trinajstić information content (AvgIpc) is 2.28. The second-order valence-electron chi connectivity index (χ2n) is 3.49. The summed E-state index contributed by atoms with van der Waals surface area (Å²) in [4.78, 5) is 36.5. The zero-order valence-electron chi connectivity index (χ0n) is 9.51. The van der Waals surface area contributed by atoms with Gasteiger partial charge in [0.2, 0.25) is 5.91 Å². The number of aromatic nitrogens is 1. The van der Waals surface area contributed by atoms with E-state index in [0.717, 1.165) is 6.20 Å². The second kappa shape index (κ2) is 5.62. The van der Waals surface area contributed by atoms with Crippen molar-refractivity contribution in [2.45, 2.75) is 13.0 Å². The number of aromatic carboxylic acids is 1. The van der Waals surface area contributed by atoms with Crippen LogP contribution in [0.4, 0.5) is 10.5 Å². The van der Waals surface area contributed by atoms with Crippen molar-refractivity contribution in [2.24, 2.45) is 5.73 Å². The normalized spacial score (nSPS) is 11.4. The number of carbonyl (C=O) groups excluding carboxylic acids is 2. The van der Waals surface area contributed by atoms with Crippen molar-refractivity contribution in [1.29, 1.82) is 0 Å². The lowest BCUT2D eigenvalue weighted by Crippen LogP contribution is -2.44. The molecular formula is C10H12N4O4. The quantitative estimate of drug-likeness (QED) is 0.587. The third-order valence-electron chi connectivity index (χ3n) is 2.00. The van der Waals surface area contributed by atoms with Crippen molar-refractivity contribution < 1.29 is 19.5 Å². The molecular weight excluding hydrogens is 240 g/mol. The van der Waals surface area contributed by atoms with E-state index in [4.69, 9.17) is 10.8 Å². The number of carboxylic acids is 1. The Balaban J connectivity index is 2.72. The highest BCUT2D eigenvalue weighted by Gasteiger charge is 2.14. The van der Waals surface area contributed by atoms with Gasteiger partial charge in [0.25, 0.3) is 0 Å². The van der Waals surface area contributed by atoms with Crippen LogP contribution in [0.15, 0.2) is 18.5 Å². The molecule has 1 heterocycles. The van der Waals surface area contributed by atoms with Crippen LogP contribution < -0.4 is 16.4 Å². The molecule has 18 heavy (non-hydrogen) atoms. The summed E-state index contributed by atoms with van der Waals surface area (Å²) in [5, 5.41) is 13.3. The first-order chi connectivity index (χ1) is 8.40. The lowest BCUT2D eigenvalue weighted by molar-refractivity contribution is -0.117. The number of hydrogen-bond donors (Lipinski definition) is 4. The van der Waals surface area contributed by atoms with Gasteiger partial charge in [-0.15, -0.1) is 0 Å². The minimum Gasteiger partial charge on any atom is -0.478 e. The summed E-state index contributed by atoms with van der Waals surface area (Å²) in [6, 6.07) is -0.407. The van der Waals surface area contributed by atoms with Crippen LogP contribution in [0.2, 0.25) is 0 Å². The molecule has 0 aliphatic heterocycles. The van der Waals surface area contributed by atoms with E-state index in [9.17, 15) is 14.4 Å². The number of nitrogens with one attached hydrogen (secondary N) is 2. The minimum absolute atomic E-state index is 0.0525. The van der Waals surface area contributed by atoms with E-state index in [2.05, 4.69) is 15.6 Å². The first-order valence-electron chi connectivity index (χ1n) is 4.95. The molecule has 1 aromatic rings. The van der Waals surface area contributed by atoms with Crippen LogP contribution in [-0.4, -0.2) is 34.0 Å². The highest BCUT2D eigenvalue weighted by Crippen LogP contribution is 2.08. The zero-order valence-corrected chi connectivity index (χ0v) is 9.51. The first-order valence-corrected chi connectivity index (χ1v) is 4.95. The van der Waals surface area contributed by atoms with E-state index < -0.39 is 23.9 Å². The summed E-state index contributed by atoms with van der Waals surface area (Å²) in [5.74, 6) is -1.68. The molecule has 5 N–H and O–H groups in total. The molecule has 1 atom stereocenters. The standard InChI is InChI=1S/C10H12N4O4/c1-5(13-10(11)18)8(15)14-7-2-6(9(16)17)3-12-4-7/h2-5H,1H3,(H,14,15)(H,16,17)(H3,11,13,18). The fraction of sp³-hybridized carbons (Fsp3) is 0.200. The van der Waals surface area contributed by atoms with Crippen molar-refractivity contribution in [2.75, 3.05) is 5.32 Å². The van der Waals surface area contributed by atoms with Gasteiger partial charge in [0.15, 0.2) is 0 Å². The van der Waals surface area contributed by atoms with Crippen LogP contribution in [0.25, 0.3) is 0 Å². The molecule has 0 saturated heterocycles. The zero-order chi connectivity index (χ0) is 13.7. The van der Waals surface area contributed by atoms with E-state index >= 15 is 0 Å². The molecule has 0 bridgehead atoms. The molecule has 8 nitrogen and oxygen atoms in total. The van der Waals surface area contributed by atoms with Gasteiger partial charge in [-0.3, -0.25) is 9.78 Å². The molecule has 0 spiro atoms. The molecule has 0 aliphatic carbocycles. The van der Waals surface area contributed by atoms with E-state index in [1.54, 1.807) is 0 Å². The molecule has 1 unspecified atom stereocenters. The number of nitrogens with zero attached hydrogens (tertiary/aromatic N) is 1. The number of anilines is 1. The third-order valence-corrected chi connectivity index (χ3v) is 2.00.